The third-order valence-corrected chi connectivity index (χ3v) is 5.07. The van der Waals surface area contributed by atoms with Crippen molar-refractivity contribution in [3.05, 3.63) is 46.7 Å². The second kappa shape index (κ2) is 7.92. The minimum atomic E-state index is 0.748. The highest BCUT2D eigenvalue weighted by Gasteiger charge is 2.20. The minimum Gasteiger partial charge on any atom is -0.236 e. The van der Waals surface area contributed by atoms with E-state index in [1.807, 2.05) is 30.5 Å². The maximum atomic E-state index is 5.95. The second-order valence-corrected chi connectivity index (χ2v) is 7.07. The van der Waals surface area contributed by atoms with E-state index in [9.17, 15) is 0 Å². The number of benzene rings is 1. The molecule has 0 saturated heterocycles. The van der Waals surface area contributed by atoms with Crippen molar-refractivity contribution < 1.29 is 0 Å². The molecule has 1 aromatic carbocycles. The Kier molecular flexibility index (Phi) is 5.66. The molecule has 1 aromatic heterocycles. The first-order valence-electron chi connectivity index (χ1n) is 8.87. The van der Waals surface area contributed by atoms with Crippen molar-refractivity contribution in [2.75, 3.05) is 0 Å². The summed E-state index contributed by atoms with van der Waals surface area (Å²) in [6.45, 7) is 2.27. The monoisotopic (exact) mass is 328 g/mol. The summed E-state index contributed by atoms with van der Waals surface area (Å²) in [5.41, 5.74) is 3.64. The maximum Gasteiger partial charge on any atom is 0.159 e. The fraction of sp³-hybridized carbons (Fsp3) is 0.500. The summed E-state index contributed by atoms with van der Waals surface area (Å²) in [5, 5.41) is 0.748. The van der Waals surface area contributed by atoms with E-state index in [0.717, 1.165) is 35.2 Å². The standard InChI is InChI=1S/C20H25ClN2/c1-2-3-4-5-6-15-7-12-19-17(13-15)14-22-20(23-19)16-8-10-18(21)11-9-16/h8-11,14-15H,2-7,12-13H2,1H3. The largest absolute Gasteiger partial charge is 0.236 e. The summed E-state index contributed by atoms with van der Waals surface area (Å²) < 4.78 is 0. The summed E-state index contributed by atoms with van der Waals surface area (Å²) in [4.78, 5) is 9.39. The van der Waals surface area contributed by atoms with Gasteiger partial charge in [0.2, 0.25) is 0 Å². The zero-order valence-electron chi connectivity index (χ0n) is 13.9. The van der Waals surface area contributed by atoms with Gasteiger partial charge < -0.3 is 0 Å². The highest BCUT2D eigenvalue weighted by Crippen LogP contribution is 2.29. The molecule has 2 nitrogen and oxygen atoms in total. The van der Waals surface area contributed by atoms with Crippen molar-refractivity contribution in [1.82, 2.24) is 9.97 Å². The molecule has 2 aromatic rings. The molecule has 0 bridgehead atoms. The minimum absolute atomic E-state index is 0.748. The van der Waals surface area contributed by atoms with Gasteiger partial charge in [0.1, 0.15) is 0 Å². The summed E-state index contributed by atoms with van der Waals surface area (Å²) in [5.74, 6) is 1.64. The van der Waals surface area contributed by atoms with Crippen LogP contribution >= 0.6 is 11.6 Å². The molecule has 1 unspecified atom stereocenters. The Morgan fingerprint density at radius 3 is 2.74 bits per heavy atom. The molecule has 3 rings (SSSR count). The topological polar surface area (TPSA) is 25.8 Å². The van der Waals surface area contributed by atoms with Crippen molar-refractivity contribution >= 4 is 11.6 Å². The molecular weight excluding hydrogens is 304 g/mol. The van der Waals surface area contributed by atoms with Crippen LogP contribution in [0.4, 0.5) is 0 Å². The Morgan fingerprint density at radius 1 is 1.13 bits per heavy atom. The van der Waals surface area contributed by atoms with Crippen LogP contribution in [-0.4, -0.2) is 9.97 Å². The van der Waals surface area contributed by atoms with Crippen molar-refractivity contribution in [2.24, 2.45) is 5.92 Å². The van der Waals surface area contributed by atoms with Crippen LogP contribution in [0.3, 0.4) is 0 Å². The molecule has 0 saturated carbocycles. The van der Waals surface area contributed by atoms with E-state index in [4.69, 9.17) is 16.6 Å². The highest BCUT2D eigenvalue weighted by atomic mass is 35.5. The van der Waals surface area contributed by atoms with Gasteiger partial charge in [-0.2, -0.15) is 0 Å². The smallest absolute Gasteiger partial charge is 0.159 e. The van der Waals surface area contributed by atoms with Crippen molar-refractivity contribution in [3.63, 3.8) is 0 Å². The number of rotatable bonds is 6. The molecule has 1 heterocycles. The molecule has 0 aliphatic heterocycles. The zero-order chi connectivity index (χ0) is 16.1. The summed E-state index contributed by atoms with van der Waals surface area (Å²) in [6, 6.07) is 7.77. The molecular formula is C20H25ClN2. The first-order chi connectivity index (χ1) is 11.3. The lowest BCUT2D eigenvalue weighted by molar-refractivity contribution is 0.401. The maximum absolute atomic E-state index is 5.95. The second-order valence-electron chi connectivity index (χ2n) is 6.63. The number of unbranched alkanes of at least 4 members (excludes halogenated alkanes) is 3. The van der Waals surface area contributed by atoms with Crippen molar-refractivity contribution in [2.45, 2.75) is 58.3 Å². The molecule has 23 heavy (non-hydrogen) atoms. The number of aryl methyl sites for hydroxylation is 1. The van der Waals surface area contributed by atoms with Gasteiger partial charge in [-0.25, -0.2) is 9.97 Å². The van der Waals surface area contributed by atoms with E-state index in [1.54, 1.807) is 0 Å². The van der Waals surface area contributed by atoms with Gasteiger partial charge in [-0.3, -0.25) is 0 Å². The van der Waals surface area contributed by atoms with Crippen LogP contribution in [0.25, 0.3) is 11.4 Å². The number of hydrogen-bond acceptors (Lipinski definition) is 2. The Hall–Kier alpha value is -1.41. The number of aromatic nitrogens is 2. The fourth-order valence-electron chi connectivity index (χ4n) is 3.43. The number of fused-ring (bicyclic) bond motifs is 1. The molecule has 1 aliphatic rings. The normalized spacial score (nSPS) is 17.0. The quantitative estimate of drug-likeness (QED) is 0.619. The predicted molar refractivity (Wildman–Crippen MR) is 96.8 cm³/mol. The van der Waals surface area contributed by atoms with E-state index in [2.05, 4.69) is 11.9 Å². The lowest BCUT2D eigenvalue weighted by Crippen LogP contribution is -2.16. The van der Waals surface area contributed by atoms with E-state index < -0.39 is 0 Å². The van der Waals surface area contributed by atoms with Gasteiger partial charge >= 0.3 is 0 Å². The molecule has 0 amide bonds. The van der Waals surface area contributed by atoms with Crippen LogP contribution in [0, 0.1) is 5.92 Å². The van der Waals surface area contributed by atoms with Crippen molar-refractivity contribution in [1.29, 1.82) is 0 Å². The van der Waals surface area contributed by atoms with Gasteiger partial charge in [-0.1, -0.05) is 50.6 Å². The molecule has 0 radical (unpaired) electrons. The Labute approximate surface area is 144 Å². The Morgan fingerprint density at radius 2 is 1.96 bits per heavy atom. The molecule has 0 fully saturated rings. The Balaban J connectivity index is 1.65. The fourth-order valence-corrected chi connectivity index (χ4v) is 3.55. The summed E-state index contributed by atoms with van der Waals surface area (Å²) in [7, 11) is 0. The van der Waals surface area contributed by atoms with Crippen LogP contribution in [0.15, 0.2) is 30.5 Å². The summed E-state index contributed by atoms with van der Waals surface area (Å²) >= 11 is 5.95. The van der Waals surface area contributed by atoms with Crippen LogP contribution in [-0.2, 0) is 12.8 Å². The summed E-state index contributed by atoms with van der Waals surface area (Å²) in [6.07, 6.45) is 12.4. The van der Waals surface area contributed by atoms with E-state index >= 15 is 0 Å². The van der Waals surface area contributed by atoms with Gasteiger partial charge in [0.25, 0.3) is 0 Å². The van der Waals surface area contributed by atoms with Gasteiger partial charge in [0.15, 0.2) is 5.82 Å². The molecule has 1 atom stereocenters. The number of hydrogen-bond donors (Lipinski definition) is 0. The SMILES string of the molecule is CCCCCCC1CCc2nc(-c3ccc(Cl)cc3)ncc2C1. The number of nitrogens with zero attached hydrogens (tertiary/aromatic N) is 2. The van der Waals surface area contributed by atoms with Gasteiger partial charge in [-0.15, -0.1) is 0 Å². The van der Waals surface area contributed by atoms with E-state index in [-0.39, 0.29) is 0 Å². The first kappa shape index (κ1) is 16.4. The van der Waals surface area contributed by atoms with Crippen molar-refractivity contribution in [3.8, 4) is 11.4 Å². The average Bonchev–Trinajstić information content (AvgIpc) is 2.59. The highest BCUT2D eigenvalue weighted by molar-refractivity contribution is 6.30. The van der Waals surface area contributed by atoms with Crippen LogP contribution in [0.5, 0.6) is 0 Å². The van der Waals surface area contributed by atoms with Crippen LogP contribution < -0.4 is 0 Å². The van der Waals surface area contributed by atoms with E-state index in [1.165, 1.54) is 49.8 Å². The zero-order valence-corrected chi connectivity index (χ0v) is 14.6. The molecule has 3 heteroatoms. The third kappa shape index (κ3) is 4.32. The Bertz CT molecular complexity index is 637. The third-order valence-electron chi connectivity index (χ3n) is 4.82. The van der Waals surface area contributed by atoms with Crippen LogP contribution in [0.1, 0.15) is 56.7 Å². The van der Waals surface area contributed by atoms with Crippen LogP contribution in [0.2, 0.25) is 5.02 Å². The lowest BCUT2D eigenvalue weighted by atomic mass is 9.84. The predicted octanol–water partition coefficient (Wildman–Crippen LogP) is 5.87. The lowest BCUT2D eigenvalue weighted by Gasteiger charge is -2.24. The molecule has 1 aliphatic carbocycles. The van der Waals surface area contributed by atoms with Gasteiger partial charge in [0, 0.05) is 22.5 Å². The van der Waals surface area contributed by atoms with E-state index in [0.29, 0.717) is 0 Å². The molecule has 0 spiro atoms. The number of halogens is 1. The van der Waals surface area contributed by atoms with Gasteiger partial charge in [0.05, 0.1) is 0 Å². The molecule has 122 valence electrons. The average molecular weight is 329 g/mol. The van der Waals surface area contributed by atoms with Gasteiger partial charge in [-0.05, 0) is 55.0 Å². The first-order valence-corrected chi connectivity index (χ1v) is 9.24. The molecule has 0 N–H and O–H groups in total.